The minimum Gasteiger partial charge on any atom is -0.507 e. The first-order valence-electron chi connectivity index (χ1n) is 10.2. The van der Waals surface area contributed by atoms with E-state index in [-0.39, 0.29) is 11.8 Å². The second-order valence-electron chi connectivity index (χ2n) is 7.43. The van der Waals surface area contributed by atoms with Gasteiger partial charge in [-0.3, -0.25) is 4.90 Å². The summed E-state index contributed by atoms with van der Waals surface area (Å²) < 4.78 is 10.5. The van der Waals surface area contributed by atoms with Crippen molar-refractivity contribution < 1.29 is 24.0 Å². The van der Waals surface area contributed by atoms with E-state index in [1.165, 1.54) is 11.0 Å². The fourth-order valence-corrected chi connectivity index (χ4v) is 3.92. The van der Waals surface area contributed by atoms with Gasteiger partial charge in [-0.25, -0.2) is 9.59 Å². The average Bonchev–Trinajstić information content (AvgIpc) is 2.75. The predicted molar refractivity (Wildman–Crippen MR) is 113 cm³/mol. The number of carbonyl (C=O) groups excluding carboxylic acids is 1. The third-order valence-corrected chi connectivity index (χ3v) is 5.47. The standard InChI is InChI=1S/C23H24N2O5/c1-2-29-23(28)25-10-8-24(9-11-25)15-17-12-22(27)30-21-14-18(20(26)13-19(17)21)16-6-4-3-5-7-16/h3-7,12-14,26H,2,8-11,15H2,1H3/p+1. The van der Waals surface area contributed by atoms with E-state index in [2.05, 4.69) is 0 Å². The van der Waals surface area contributed by atoms with Crippen LogP contribution in [0.2, 0.25) is 0 Å². The van der Waals surface area contributed by atoms with E-state index in [0.717, 1.165) is 29.6 Å². The van der Waals surface area contributed by atoms with Crippen LogP contribution in [-0.4, -0.2) is 48.9 Å². The van der Waals surface area contributed by atoms with Crippen LogP contribution in [0.15, 0.2) is 57.7 Å². The van der Waals surface area contributed by atoms with E-state index < -0.39 is 5.63 Å². The number of rotatable bonds is 4. The van der Waals surface area contributed by atoms with Crippen molar-refractivity contribution in [1.29, 1.82) is 0 Å². The Morgan fingerprint density at radius 1 is 1.17 bits per heavy atom. The fourth-order valence-electron chi connectivity index (χ4n) is 3.92. The van der Waals surface area contributed by atoms with E-state index in [4.69, 9.17) is 9.15 Å². The molecule has 156 valence electrons. The van der Waals surface area contributed by atoms with Crippen LogP contribution < -0.4 is 10.5 Å². The smallest absolute Gasteiger partial charge is 0.410 e. The Kier molecular flexibility index (Phi) is 5.72. The fraction of sp³-hybridized carbons (Fsp3) is 0.304. The van der Waals surface area contributed by atoms with Crippen LogP contribution in [0, 0.1) is 0 Å². The van der Waals surface area contributed by atoms with Gasteiger partial charge in [0.05, 0.1) is 32.8 Å². The predicted octanol–water partition coefficient (Wildman–Crippen LogP) is 2.02. The molecule has 3 aromatic rings. The molecule has 7 heteroatoms. The van der Waals surface area contributed by atoms with Gasteiger partial charge >= 0.3 is 11.7 Å². The minimum absolute atomic E-state index is 0.144. The third kappa shape index (κ3) is 4.16. The van der Waals surface area contributed by atoms with E-state index in [1.54, 1.807) is 24.0 Å². The SMILES string of the molecule is CCOC(=O)N1CC[NH+](Cc2cc(=O)oc3cc(-c4ccccc4)c(O)cc23)CC1. The molecule has 1 aliphatic heterocycles. The van der Waals surface area contributed by atoms with Gasteiger partial charge in [-0.1, -0.05) is 30.3 Å². The number of fused-ring (bicyclic) bond motifs is 1. The molecule has 4 rings (SSSR count). The number of phenols is 1. The van der Waals surface area contributed by atoms with Gasteiger partial charge < -0.3 is 19.2 Å². The zero-order valence-corrected chi connectivity index (χ0v) is 16.9. The monoisotopic (exact) mass is 409 g/mol. The topological polar surface area (TPSA) is 84.4 Å². The van der Waals surface area contributed by atoms with Gasteiger partial charge in [0.1, 0.15) is 17.9 Å². The number of aromatic hydroxyl groups is 1. The summed E-state index contributed by atoms with van der Waals surface area (Å²) in [6.45, 7) is 5.51. The summed E-state index contributed by atoms with van der Waals surface area (Å²) in [6.07, 6.45) is -0.277. The van der Waals surface area contributed by atoms with Crippen molar-refractivity contribution in [3.63, 3.8) is 0 Å². The van der Waals surface area contributed by atoms with Crippen LogP contribution >= 0.6 is 0 Å². The lowest BCUT2D eigenvalue weighted by molar-refractivity contribution is -0.917. The summed E-state index contributed by atoms with van der Waals surface area (Å²) in [7, 11) is 0. The van der Waals surface area contributed by atoms with Crippen molar-refractivity contribution in [2.24, 2.45) is 0 Å². The lowest BCUT2D eigenvalue weighted by Crippen LogP contribution is -3.13. The minimum atomic E-state index is -0.410. The first kappa shape index (κ1) is 20.0. The molecule has 0 atom stereocenters. The second kappa shape index (κ2) is 8.59. The summed E-state index contributed by atoms with van der Waals surface area (Å²) in [4.78, 5) is 27.0. The van der Waals surface area contributed by atoms with E-state index in [1.807, 2.05) is 30.3 Å². The average molecular weight is 409 g/mol. The van der Waals surface area contributed by atoms with E-state index >= 15 is 0 Å². The summed E-state index contributed by atoms with van der Waals surface area (Å²) in [5.74, 6) is 0.144. The van der Waals surface area contributed by atoms with Crippen LogP contribution in [0.25, 0.3) is 22.1 Å². The quantitative estimate of drug-likeness (QED) is 0.644. The van der Waals surface area contributed by atoms with Crippen molar-refractivity contribution >= 4 is 17.1 Å². The number of benzene rings is 2. The van der Waals surface area contributed by atoms with Crippen LogP contribution in [0.1, 0.15) is 12.5 Å². The first-order chi connectivity index (χ1) is 14.5. The molecule has 0 bridgehead atoms. The molecule has 0 spiro atoms. The molecular formula is C23H25N2O5+. The van der Waals surface area contributed by atoms with Crippen molar-refractivity contribution in [3.05, 3.63) is 64.5 Å². The molecule has 0 radical (unpaired) electrons. The zero-order valence-electron chi connectivity index (χ0n) is 16.9. The molecule has 1 saturated heterocycles. The van der Waals surface area contributed by atoms with Crippen molar-refractivity contribution in [1.82, 2.24) is 4.90 Å². The molecule has 2 N–H and O–H groups in total. The van der Waals surface area contributed by atoms with Gasteiger partial charge in [-0.15, -0.1) is 0 Å². The molecule has 2 heterocycles. The lowest BCUT2D eigenvalue weighted by atomic mass is 10.0. The number of phenolic OH excluding ortho intramolecular Hbond substituents is 1. The Hall–Kier alpha value is -3.32. The maximum absolute atomic E-state index is 12.2. The maximum atomic E-state index is 12.2. The number of hydrogen-bond acceptors (Lipinski definition) is 5. The van der Waals surface area contributed by atoms with Gasteiger partial charge in [0.25, 0.3) is 0 Å². The van der Waals surface area contributed by atoms with Crippen LogP contribution in [0.4, 0.5) is 4.79 Å². The highest BCUT2D eigenvalue weighted by atomic mass is 16.6. The van der Waals surface area contributed by atoms with Crippen molar-refractivity contribution in [2.45, 2.75) is 13.5 Å². The summed E-state index contributed by atoms with van der Waals surface area (Å²) in [5.41, 5.74) is 2.35. The van der Waals surface area contributed by atoms with Crippen LogP contribution in [-0.2, 0) is 11.3 Å². The number of carbonyl (C=O) groups is 1. The highest BCUT2D eigenvalue weighted by Gasteiger charge is 2.25. The molecule has 30 heavy (non-hydrogen) atoms. The number of ether oxygens (including phenoxy) is 1. The summed E-state index contributed by atoms with van der Waals surface area (Å²) >= 11 is 0. The molecule has 1 amide bonds. The van der Waals surface area contributed by atoms with Crippen LogP contribution in [0.3, 0.4) is 0 Å². The van der Waals surface area contributed by atoms with E-state index in [0.29, 0.717) is 37.4 Å². The molecule has 1 fully saturated rings. The summed E-state index contributed by atoms with van der Waals surface area (Å²) in [5, 5.41) is 11.4. The van der Waals surface area contributed by atoms with Gasteiger partial charge in [-0.05, 0) is 24.6 Å². The molecule has 1 aliphatic rings. The van der Waals surface area contributed by atoms with Gasteiger partial charge in [0.15, 0.2) is 0 Å². The van der Waals surface area contributed by atoms with Crippen LogP contribution in [0.5, 0.6) is 5.75 Å². The number of quaternary nitrogens is 1. The maximum Gasteiger partial charge on any atom is 0.410 e. The number of amides is 1. The third-order valence-electron chi connectivity index (χ3n) is 5.47. The normalized spacial score (nSPS) is 14.8. The summed E-state index contributed by atoms with van der Waals surface area (Å²) in [6, 6.07) is 14.4. The van der Waals surface area contributed by atoms with Crippen molar-refractivity contribution in [2.75, 3.05) is 32.8 Å². The second-order valence-corrected chi connectivity index (χ2v) is 7.43. The molecule has 0 unspecified atom stereocenters. The molecule has 1 aromatic heterocycles. The number of piperazine rings is 1. The highest BCUT2D eigenvalue weighted by Crippen LogP contribution is 2.33. The Labute approximate surface area is 174 Å². The first-order valence-corrected chi connectivity index (χ1v) is 10.2. The Morgan fingerprint density at radius 2 is 1.90 bits per heavy atom. The zero-order chi connectivity index (χ0) is 21.1. The van der Waals surface area contributed by atoms with Gasteiger partial charge in [-0.2, -0.15) is 0 Å². The highest BCUT2D eigenvalue weighted by molar-refractivity contribution is 5.88. The molecule has 2 aromatic carbocycles. The van der Waals surface area contributed by atoms with Gasteiger partial charge in [0.2, 0.25) is 0 Å². The van der Waals surface area contributed by atoms with E-state index in [9.17, 15) is 14.7 Å². The number of nitrogens with zero attached hydrogens (tertiary/aromatic N) is 1. The number of hydrogen-bond donors (Lipinski definition) is 2. The largest absolute Gasteiger partial charge is 0.507 e. The Morgan fingerprint density at radius 3 is 2.60 bits per heavy atom. The number of nitrogens with one attached hydrogen (secondary N) is 1. The Bertz CT molecular complexity index is 1100. The van der Waals surface area contributed by atoms with Gasteiger partial charge in [0, 0.05) is 22.6 Å². The molecule has 0 saturated carbocycles. The lowest BCUT2D eigenvalue weighted by Gasteiger charge is -2.31. The molecule has 7 nitrogen and oxygen atoms in total. The van der Waals surface area contributed by atoms with Crippen molar-refractivity contribution in [3.8, 4) is 16.9 Å². The molecule has 0 aliphatic carbocycles. The Balaban J connectivity index is 1.59. The molecular weight excluding hydrogens is 384 g/mol.